The molecule has 1 saturated heterocycles. The molecule has 8 nitrogen and oxygen atoms in total. The molecule has 0 bridgehead atoms. The number of anilines is 1. The number of ether oxygens (including phenoxy) is 2. The number of carbonyl (C=O) groups excluding carboxylic acids is 4. The van der Waals surface area contributed by atoms with Crippen molar-refractivity contribution >= 4 is 29.4 Å². The Bertz CT molecular complexity index is 999. The first-order valence-electron chi connectivity index (χ1n) is 9.65. The molecule has 0 saturated carbocycles. The topological polar surface area (TPSA) is 93.2 Å². The molecule has 0 unspecified atom stereocenters. The van der Waals surface area contributed by atoms with Crippen molar-refractivity contribution in [2.75, 3.05) is 24.8 Å². The average Bonchev–Trinajstić information content (AvgIpc) is 3.25. The minimum absolute atomic E-state index is 0.0125. The summed E-state index contributed by atoms with van der Waals surface area (Å²) in [5.74, 6) is -1.98. The number of imide groups is 1. The first-order chi connectivity index (χ1) is 14.5. The van der Waals surface area contributed by atoms with Gasteiger partial charge in [0.05, 0.1) is 29.3 Å². The highest BCUT2D eigenvalue weighted by Crippen LogP contribution is 2.33. The Hall–Kier alpha value is -3.68. The first kappa shape index (κ1) is 19.6. The van der Waals surface area contributed by atoms with Crippen LogP contribution in [0.15, 0.2) is 48.5 Å². The SMILES string of the molecule is CCOc1ccccc1N1C[C@H](C(=O)OCN2C(=O)c3ccccc3C2=O)CC1=O. The molecule has 0 aliphatic carbocycles. The Morgan fingerprint density at radius 3 is 2.30 bits per heavy atom. The summed E-state index contributed by atoms with van der Waals surface area (Å²) in [5, 5.41) is 0. The molecule has 0 aromatic heterocycles. The Morgan fingerprint density at radius 2 is 1.63 bits per heavy atom. The van der Waals surface area contributed by atoms with Crippen LogP contribution >= 0.6 is 0 Å². The van der Waals surface area contributed by atoms with Crippen LogP contribution in [0.25, 0.3) is 0 Å². The Balaban J connectivity index is 1.41. The molecular formula is C22H20N2O6. The van der Waals surface area contributed by atoms with Crippen LogP contribution in [-0.4, -0.2) is 48.5 Å². The molecule has 0 spiro atoms. The number of para-hydroxylation sites is 2. The van der Waals surface area contributed by atoms with Crippen molar-refractivity contribution in [3.05, 3.63) is 59.7 Å². The van der Waals surface area contributed by atoms with Crippen molar-refractivity contribution in [1.82, 2.24) is 4.90 Å². The van der Waals surface area contributed by atoms with Gasteiger partial charge in [-0.3, -0.25) is 19.2 Å². The smallest absolute Gasteiger partial charge is 0.313 e. The molecule has 0 N–H and O–H groups in total. The van der Waals surface area contributed by atoms with Crippen molar-refractivity contribution in [2.24, 2.45) is 5.92 Å². The van der Waals surface area contributed by atoms with Crippen LogP contribution in [-0.2, 0) is 14.3 Å². The van der Waals surface area contributed by atoms with E-state index >= 15 is 0 Å². The van der Waals surface area contributed by atoms with Crippen LogP contribution < -0.4 is 9.64 Å². The quantitative estimate of drug-likeness (QED) is 0.538. The molecule has 3 amide bonds. The van der Waals surface area contributed by atoms with Gasteiger partial charge in [-0.15, -0.1) is 0 Å². The molecule has 8 heteroatoms. The number of carbonyl (C=O) groups is 4. The lowest BCUT2D eigenvalue weighted by molar-refractivity contribution is -0.151. The van der Waals surface area contributed by atoms with E-state index in [2.05, 4.69) is 0 Å². The molecule has 30 heavy (non-hydrogen) atoms. The highest BCUT2D eigenvalue weighted by Gasteiger charge is 2.39. The molecule has 2 aliphatic rings. The number of benzene rings is 2. The minimum atomic E-state index is -0.692. The largest absolute Gasteiger partial charge is 0.492 e. The van der Waals surface area contributed by atoms with Gasteiger partial charge in [-0.05, 0) is 31.2 Å². The fourth-order valence-electron chi connectivity index (χ4n) is 3.66. The summed E-state index contributed by atoms with van der Waals surface area (Å²) in [7, 11) is 0. The van der Waals surface area contributed by atoms with Crippen LogP contribution in [0.4, 0.5) is 5.69 Å². The van der Waals surface area contributed by atoms with E-state index in [-0.39, 0.29) is 30.0 Å². The minimum Gasteiger partial charge on any atom is -0.492 e. The molecule has 0 radical (unpaired) electrons. The zero-order chi connectivity index (χ0) is 21.3. The highest BCUT2D eigenvalue weighted by atomic mass is 16.5. The predicted molar refractivity (Wildman–Crippen MR) is 106 cm³/mol. The maximum atomic E-state index is 12.5. The van der Waals surface area contributed by atoms with Crippen LogP contribution in [0, 0.1) is 5.92 Å². The molecule has 2 heterocycles. The third kappa shape index (κ3) is 3.41. The summed E-state index contributed by atoms with van der Waals surface area (Å²) in [6.45, 7) is 1.96. The van der Waals surface area contributed by atoms with Crippen molar-refractivity contribution in [3.8, 4) is 5.75 Å². The Kier molecular flexibility index (Phi) is 5.22. The van der Waals surface area contributed by atoms with Gasteiger partial charge in [-0.25, -0.2) is 4.90 Å². The maximum absolute atomic E-state index is 12.5. The van der Waals surface area contributed by atoms with Crippen molar-refractivity contribution < 1.29 is 28.7 Å². The van der Waals surface area contributed by atoms with Gasteiger partial charge in [-0.1, -0.05) is 24.3 Å². The number of hydrogen-bond acceptors (Lipinski definition) is 6. The second-order valence-electron chi connectivity index (χ2n) is 6.98. The Morgan fingerprint density at radius 1 is 1.00 bits per heavy atom. The summed E-state index contributed by atoms with van der Waals surface area (Å²) < 4.78 is 10.8. The second-order valence-corrected chi connectivity index (χ2v) is 6.98. The van der Waals surface area contributed by atoms with E-state index in [0.717, 1.165) is 4.90 Å². The third-order valence-electron chi connectivity index (χ3n) is 5.13. The molecule has 154 valence electrons. The van der Waals surface area contributed by atoms with Gasteiger partial charge in [0.1, 0.15) is 5.75 Å². The second kappa shape index (κ2) is 7.98. The predicted octanol–water partition coefficient (Wildman–Crippen LogP) is 2.24. The van der Waals surface area contributed by atoms with E-state index in [1.807, 2.05) is 13.0 Å². The zero-order valence-electron chi connectivity index (χ0n) is 16.4. The lowest BCUT2D eigenvalue weighted by Crippen LogP contribution is -2.35. The molecule has 4 rings (SSSR count). The summed E-state index contributed by atoms with van der Waals surface area (Å²) in [6.07, 6.45) is -0.0125. The molecule has 1 atom stereocenters. The van der Waals surface area contributed by atoms with Gasteiger partial charge in [0, 0.05) is 13.0 Å². The van der Waals surface area contributed by atoms with E-state index in [0.29, 0.717) is 18.0 Å². The molecule has 1 fully saturated rings. The van der Waals surface area contributed by atoms with Crippen LogP contribution in [0.5, 0.6) is 5.75 Å². The standard InChI is InChI=1S/C22H20N2O6/c1-2-29-18-10-6-5-9-17(18)23-12-14(11-19(23)25)22(28)30-13-24-20(26)15-7-3-4-8-16(15)21(24)27/h3-10,14H,2,11-13H2,1H3/t14-/m1/s1. The van der Waals surface area contributed by atoms with Gasteiger partial charge in [0.25, 0.3) is 11.8 Å². The highest BCUT2D eigenvalue weighted by molar-refractivity contribution is 6.21. The lowest BCUT2D eigenvalue weighted by atomic mass is 10.1. The molecule has 2 aliphatic heterocycles. The van der Waals surface area contributed by atoms with Gasteiger partial charge in [0.15, 0.2) is 6.73 Å². The van der Waals surface area contributed by atoms with Gasteiger partial charge < -0.3 is 14.4 Å². The zero-order valence-corrected chi connectivity index (χ0v) is 16.4. The summed E-state index contributed by atoms with van der Waals surface area (Å²) in [4.78, 5) is 52.2. The normalized spacial score (nSPS) is 18.0. The van der Waals surface area contributed by atoms with Gasteiger partial charge >= 0.3 is 5.97 Å². The average molecular weight is 408 g/mol. The van der Waals surface area contributed by atoms with Crippen LogP contribution in [0.2, 0.25) is 0 Å². The number of hydrogen-bond donors (Lipinski definition) is 0. The monoisotopic (exact) mass is 408 g/mol. The molecular weight excluding hydrogens is 388 g/mol. The summed E-state index contributed by atoms with van der Waals surface area (Å²) in [5.41, 5.74) is 1.17. The van der Waals surface area contributed by atoms with Crippen LogP contribution in [0.3, 0.4) is 0 Å². The Labute approximate surface area is 173 Å². The van der Waals surface area contributed by atoms with E-state index in [1.54, 1.807) is 42.5 Å². The fourth-order valence-corrected chi connectivity index (χ4v) is 3.66. The summed E-state index contributed by atoms with van der Waals surface area (Å²) in [6, 6.07) is 13.6. The third-order valence-corrected chi connectivity index (χ3v) is 5.13. The maximum Gasteiger partial charge on any atom is 0.313 e. The number of nitrogens with zero attached hydrogens (tertiary/aromatic N) is 2. The van der Waals surface area contributed by atoms with Gasteiger partial charge in [0.2, 0.25) is 5.91 Å². The fraction of sp³-hybridized carbons (Fsp3) is 0.273. The van der Waals surface area contributed by atoms with Crippen LogP contribution in [0.1, 0.15) is 34.1 Å². The number of esters is 1. The summed E-state index contributed by atoms with van der Waals surface area (Å²) >= 11 is 0. The lowest BCUT2D eigenvalue weighted by Gasteiger charge is -2.20. The van der Waals surface area contributed by atoms with Gasteiger partial charge in [-0.2, -0.15) is 0 Å². The van der Waals surface area contributed by atoms with Crippen molar-refractivity contribution in [1.29, 1.82) is 0 Å². The number of rotatable bonds is 6. The van der Waals surface area contributed by atoms with E-state index in [9.17, 15) is 19.2 Å². The van der Waals surface area contributed by atoms with E-state index in [4.69, 9.17) is 9.47 Å². The molecule has 2 aromatic carbocycles. The van der Waals surface area contributed by atoms with E-state index < -0.39 is 30.4 Å². The molecule has 2 aromatic rings. The van der Waals surface area contributed by atoms with Crippen molar-refractivity contribution in [3.63, 3.8) is 0 Å². The van der Waals surface area contributed by atoms with Crippen molar-refractivity contribution in [2.45, 2.75) is 13.3 Å². The number of fused-ring (bicyclic) bond motifs is 1. The number of amides is 3. The van der Waals surface area contributed by atoms with E-state index in [1.165, 1.54) is 4.90 Å². The first-order valence-corrected chi connectivity index (χ1v) is 9.65.